The lowest BCUT2D eigenvalue weighted by Crippen LogP contribution is -2.29. The van der Waals surface area contributed by atoms with Crippen molar-refractivity contribution in [2.75, 3.05) is 18.1 Å². The molecule has 4 aromatic rings. The molecule has 0 aliphatic carbocycles. The Balaban J connectivity index is 1.60. The minimum Gasteiger partial charge on any atom is -0.494 e. The molecule has 1 atom stereocenters. The maximum atomic E-state index is 13.8. The van der Waals surface area contributed by atoms with Crippen molar-refractivity contribution >= 4 is 17.6 Å². The van der Waals surface area contributed by atoms with Gasteiger partial charge < -0.3 is 9.47 Å². The SMILES string of the molecule is CCOC(=O)c1ccc(N2C(=O)c3[nH]nc(-c4ccc(OCC)cc4)c3[C@@H]2c2ccc(F)cc2)cc1. The molecule has 8 heteroatoms. The first-order chi connectivity index (χ1) is 17.5. The number of carbonyl (C=O) groups is 2. The van der Waals surface area contributed by atoms with Crippen molar-refractivity contribution in [3.8, 4) is 17.0 Å². The highest BCUT2D eigenvalue weighted by molar-refractivity contribution is 6.12. The second-order valence-corrected chi connectivity index (χ2v) is 8.21. The number of amides is 1. The molecule has 0 bridgehead atoms. The van der Waals surface area contributed by atoms with Crippen LogP contribution in [0.25, 0.3) is 11.3 Å². The van der Waals surface area contributed by atoms with Crippen molar-refractivity contribution in [2.45, 2.75) is 19.9 Å². The first kappa shape index (κ1) is 23.3. The molecule has 1 aromatic heterocycles. The van der Waals surface area contributed by atoms with Crippen molar-refractivity contribution in [3.05, 3.63) is 101 Å². The number of nitrogens with zero attached hydrogens (tertiary/aromatic N) is 2. The Morgan fingerprint density at radius 2 is 1.67 bits per heavy atom. The molecule has 0 unspecified atom stereocenters. The quantitative estimate of drug-likeness (QED) is 0.348. The van der Waals surface area contributed by atoms with Gasteiger partial charge in [-0.1, -0.05) is 12.1 Å². The number of nitrogens with one attached hydrogen (secondary N) is 1. The fourth-order valence-electron chi connectivity index (χ4n) is 4.44. The molecule has 182 valence electrons. The summed E-state index contributed by atoms with van der Waals surface area (Å²) in [4.78, 5) is 27.4. The Hall–Kier alpha value is -4.46. The summed E-state index contributed by atoms with van der Waals surface area (Å²) in [7, 11) is 0. The van der Waals surface area contributed by atoms with E-state index >= 15 is 0 Å². The minimum atomic E-state index is -0.554. The summed E-state index contributed by atoms with van der Waals surface area (Å²) in [5, 5.41) is 7.38. The molecule has 1 aliphatic rings. The van der Waals surface area contributed by atoms with Gasteiger partial charge in [0.1, 0.15) is 17.3 Å². The highest BCUT2D eigenvalue weighted by Gasteiger charge is 2.43. The van der Waals surface area contributed by atoms with Crippen LogP contribution in [0.4, 0.5) is 10.1 Å². The Morgan fingerprint density at radius 3 is 2.31 bits per heavy atom. The number of benzene rings is 3. The van der Waals surface area contributed by atoms with E-state index in [1.165, 1.54) is 12.1 Å². The van der Waals surface area contributed by atoms with Gasteiger partial charge in [0.25, 0.3) is 5.91 Å². The van der Waals surface area contributed by atoms with Gasteiger partial charge in [0.15, 0.2) is 0 Å². The van der Waals surface area contributed by atoms with Crippen LogP contribution in [0.5, 0.6) is 5.75 Å². The third-order valence-corrected chi connectivity index (χ3v) is 6.05. The Kier molecular flexibility index (Phi) is 6.25. The number of rotatable bonds is 7. The number of hydrogen-bond donors (Lipinski definition) is 1. The molecule has 0 spiro atoms. The van der Waals surface area contributed by atoms with Crippen LogP contribution in [0, 0.1) is 5.82 Å². The van der Waals surface area contributed by atoms with E-state index in [9.17, 15) is 14.0 Å². The fourth-order valence-corrected chi connectivity index (χ4v) is 4.44. The Morgan fingerprint density at radius 1 is 0.972 bits per heavy atom. The molecule has 1 N–H and O–H groups in total. The topological polar surface area (TPSA) is 84.5 Å². The molecular formula is C28H24FN3O4. The van der Waals surface area contributed by atoms with Crippen LogP contribution in [-0.2, 0) is 4.74 Å². The number of carbonyl (C=O) groups excluding carboxylic acids is 2. The lowest BCUT2D eigenvalue weighted by atomic mass is 9.95. The number of esters is 1. The normalized spacial score (nSPS) is 14.6. The maximum Gasteiger partial charge on any atom is 0.338 e. The lowest BCUT2D eigenvalue weighted by Gasteiger charge is -2.26. The average Bonchev–Trinajstić information content (AvgIpc) is 3.44. The van der Waals surface area contributed by atoms with E-state index in [1.807, 2.05) is 31.2 Å². The van der Waals surface area contributed by atoms with Crippen LogP contribution >= 0.6 is 0 Å². The summed E-state index contributed by atoms with van der Waals surface area (Å²) >= 11 is 0. The van der Waals surface area contributed by atoms with Gasteiger partial charge in [-0.05, 0) is 80.1 Å². The van der Waals surface area contributed by atoms with Gasteiger partial charge in [0.05, 0.1) is 30.5 Å². The van der Waals surface area contributed by atoms with Crippen molar-refractivity contribution in [3.63, 3.8) is 0 Å². The fraction of sp³-hybridized carbons (Fsp3) is 0.179. The molecule has 36 heavy (non-hydrogen) atoms. The van der Waals surface area contributed by atoms with Gasteiger partial charge in [0.2, 0.25) is 0 Å². The molecule has 0 saturated carbocycles. The summed E-state index contributed by atoms with van der Waals surface area (Å²) < 4.78 is 24.4. The smallest absolute Gasteiger partial charge is 0.338 e. The highest BCUT2D eigenvalue weighted by Crippen LogP contribution is 2.45. The van der Waals surface area contributed by atoms with Crippen LogP contribution in [0.3, 0.4) is 0 Å². The number of fused-ring (bicyclic) bond motifs is 1. The minimum absolute atomic E-state index is 0.270. The van der Waals surface area contributed by atoms with Gasteiger partial charge in [0, 0.05) is 16.8 Å². The number of ether oxygens (including phenoxy) is 2. The molecule has 1 amide bonds. The largest absolute Gasteiger partial charge is 0.494 e. The monoisotopic (exact) mass is 485 g/mol. The standard InChI is InChI=1S/C28H24FN3O4/c1-3-35-22-15-9-17(10-16-22)24-23-25(31-30-24)27(33)32(26(23)18-5-11-20(29)12-6-18)21-13-7-19(8-14-21)28(34)36-4-2/h5-16,26H,3-4H2,1-2H3,(H,30,31)/t26-/m0/s1. The van der Waals surface area contributed by atoms with E-state index in [0.29, 0.717) is 34.8 Å². The predicted octanol–water partition coefficient (Wildman–Crippen LogP) is 5.54. The zero-order valence-corrected chi connectivity index (χ0v) is 19.8. The molecule has 0 saturated heterocycles. The summed E-state index contributed by atoms with van der Waals surface area (Å²) in [6.07, 6.45) is 0. The number of aromatic amines is 1. The second-order valence-electron chi connectivity index (χ2n) is 8.21. The number of halogens is 1. The first-order valence-electron chi connectivity index (χ1n) is 11.7. The molecule has 0 radical (unpaired) electrons. The first-order valence-corrected chi connectivity index (χ1v) is 11.7. The highest BCUT2D eigenvalue weighted by atomic mass is 19.1. The zero-order valence-electron chi connectivity index (χ0n) is 19.8. The van der Waals surface area contributed by atoms with Crippen LogP contribution in [0.15, 0.2) is 72.8 Å². The van der Waals surface area contributed by atoms with Crippen molar-refractivity contribution in [2.24, 2.45) is 0 Å². The van der Waals surface area contributed by atoms with Crippen LogP contribution in [0.2, 0.25) is 0 Å². The van der Waals surface area contributed by atoms with Gasteiger partial charge in [-0.15, -0.1) is 0 Å². The molecule has 0 fully saturated rings. The third kappa shape index (κ3) is 4.11. The zero-order chi connectivity index (χ0) is 25.2. The van der Waals surface area contributed by atoms with Gasteiger partial charge in [-0.25, -0.2) is 9.18 Å². The molecule has 2 heterocycles. The van der Waals surface area contributed by atoms with E-state index in [4.69, 9.17) is 9.47 Å². The van der Waals surface area contributed by atoms with Crippen molar-refractivity contribution in [1.82, 2.24) is 10.2 Å². The van der Waals surface area contributed by atoms with Crippen LogP contribution < -0.4 is 9.64 Å². The second kappa shape index (κ2) is 9.65. The van der Waals surface area contributed by atoms with Crippen LogP contribution in [-0.4, -0.2) is 35.3 Å². The van der Waals surface area contributed by atoms with Gasteiger partial charge in [-0.3, -0.25) is 14.8 Å². The predicted molar refractivity (Wildman–Crippen MR) is 133 cm³/mol. The Labute approximate surface area is 207 Å². The number of H-pyrrole nitrogens is 1. The lowest BCUT2D eigenvalue weighted by molar-refractivity contribution is 0.0526. The summed E-state index contributed by atoms with van der Waals surface area (Å²) in [6, 6.07) is 19.7. The van der Waals surface area contributed by atoms with E-state index in [1.54, 1.807) is 48.2 Å². The third-order valence-electron chi connectivity index (χ3n) is 6.05. The Bertz CT molecular complexity index is 1400. The van der Waals surface area contributed by atoms with Gasteiger partial charge >= 0.3 is 5.97 Å². The molecule has 5 rings (SSSR count). The average molecular weight is 486 g/mol. The van der Waals surface area contributed by atoms with E-state index in [0.717, 1.165) is 16.9 Å². The summed E-state index contributed by atoms with van der Waals surface area (Å²) in [5.41, 5.74) is 4.21. The molecule has 7 nitrogen and oxygen atoms in total. The summed E-state index contributed by atoms with van der Waals surface area (Å²) in [5.74, 6) is -0.331. The summed E-state index contributed by atoms with van der Waals surface area (Å²) in [6.45, 7) is 4.49. The van der Waals surface area contributed by atoms with Crippen molar-refractivity contribution < 1.29 is 23.5 Å². The number of hydrogen-bond acceptors (Lipinski definition) is 5. The number of anilines is 1. The molecule has 1 aliphatic heterocycles. The maximum absolute atomic E-state index is 13.8. The van der Waals surface area contributed by atoms with Gasteiger partial charge in [-0.2, -0.15) is 5.10 Å². The molecule has 3 aromatic carbocycles. The van der Waals surface area contributed by atoms with E-state index in [2.05, 4.69) is 10.2 Å². The van der Waals surface area contributed by atoms with Crippen molar-refractivity contribution in [1.29, 1.82) is 0 Å². The number of aromatic nitrogens is 2. The van der Waals surface area contributed by atoms with E-state index in [-0.39, 0.29) is 18.3 Å². The van der Waals surface area contributed by atoms with E-state index < -0.39 is 12.0 Å². The molecular weight excluding hydrogens is 461 g/mol. The van der Waals surface area contributed by atoms with Crippen LogP contribution in [0.1, 0.15) is 51.9 Å².